The van der Waals surface area contributed by atoms with E-state index in [1.165, 1.54) is 77.0 Å². The van der Waals surface area contributed by atoms with Crippen LogP contribution in [0.2, 0.25) is 0 Å². The summed E-state index contributed by atoms with van der Waals surface area (Å²) >= 11 is 5.41. The average Bonchev–Trinajstić information content (AvgIpc) is 2.37. The maximum atomic E-state index is 5.41. The zero-order valence-corrected chi connectivity index (χ0v) is 13.4. The van der Waals surface area contributed by atoms with Crippen LogP contribution in [-0.2, 0) is 0 Å². The molecule has 0 aliphatic rings. The van der Waals surface area contributed by atoms with E-state index < -0.39 is 0 Å². The van der Waals surface area contributed by atoms with Gasteiger partial charge in [0.1, 0.15) is 0 Å². The van der Waals surface area contributed by atoms with Crippen molar-refractivity contribution in [1.82, 2.24) is 4.84 Å². The molecule has 0 aromatic heterocycles. The molecule has 0 saturated carbocycles. The Balaban J connectivity index is 3.05. The van der Waals surface area contributed by atoms with Gasteiger partial charge in [0.05, 0.1) is 0 Å². The second-order valence-corrected chi connectivity index (χ2v) is 6.02. The molecule has 1 N–H and O–H groups in total. The summed E-state index contributed by atoms with van der Waals surface area (Å²) in [7, 11) is 0. The molecule has 0 rings (SSSR count). The summed E-state index contributed by atoms with van der Waals surface area (Å²) in [5.74, 6) is 0.950. The molecule has 110 valence electrons. The SMILES string of the molecule is CCCCCC(C)CCCCCCCCCNCl. The molecule has 0 bridgehead atoms. The fraction of sp³-hybridized carbons (Fsp3) is 1.00. The Morgan fingerprint density at radius 3 is 1.83 bits per heavy atom. The van der Waals surface area contributed by atoms with Crippen LogP contribution in [0.3, 0.4) is 0 Å². The second kappa shape index (κ2) is 15.3. The molecular formula is C16H34ClN. The molecule has 0 aliphatic carbocycles. The van der Waals surface area contributed by atoms with E-state index in [2.05, 4.69) is 18.7 Å². The third kappa shape index (κ3) is 14.3. The lowest BCUT2D eigenvalue weighted by Crippen LogP contribution is -1.99. The van der Waals surface area contributed by atoms with Crippen LogP contribution in [-0.4, -0.2) is 6.54 Å². The van der Waals surface area contributed by atoms with Crippen molar-refractivity contribution < 1.29 is 0 Å². The lowest BCUT2D eigenvalue weighted by Gasteiger charge is -2.10. The van der Waals surface area contributed by atoms with E-state index >= 15 is 0 Å². The standard InChI is InChI=1S/C16H34ClN/c1-3-4-10-13-16(2)14-11-8-6-5-7-9-12-15-18-17/h16,18H,3-15H2,1-2H3. The van der Waals surface area contributed by atoms with Crippen LogP contribution in [0.25, 0.3) is 0 Å². The molecular weight excluding hydrogens is 242 g/mol. The lowest BCUT2D eigenvalue weighted by molar-refractivity contribution is 0.436. The highest BCUT2D eigenvalue weighted by Gasteiger charge is 2.01. The van der Waals surface area contributed by atoms with Crippen LogP contribution < -0.4 is 4.84 Å². The molecule has 0 spiro atoms. The maximum absolute atomic E-state index is 5.41. The van der Waals surface area contributed by atoms with Gasteiger partial charge in [0, 0.05) is 6.54 Å². The minimum Gasteiger partial charge on any atom is -0.234 e. The van der Waals surface area contributed by atoms with Gasteiger partial charge in [-0.05, 0) is 24.1 Å². The zero-order chi connectivity index (χ0) is 13.5. The van der Waals surface area contributed by atoms with Crippen molar-refractivity contribution in [2.45, 2.75) is 90.9 Å². The van der Waals surface area contributed by atoms with Gasteiger partial charge in [-0.2, -0.15) is 0 Å². The van der Waals surface area contributed by atoms with E-state index in [4.69, 9.17) is 11.8 Å². The molecule has 0 amide bonds. The van der Waals surface area contributed by atoms with Gasteiger partial charge < -0.3 is 0 Å². The van der Waals surface area contributed by atoms with E-state index in [1.54, 1.807) is 0 Å². The van der Waals surface area contributed by atoms with Gasteiger partial charge in [-0.3, -0.25) is 0 Å². The van der Waals surface area contributed by atoms with E-state index in [-0.39, 0.29) is 0 Å². The first kappa shape index (κ1) is 18.2. The summed E-state index contributed by atoms with van der Waals surface area (Å²) in [4.78, 5) is 2.68. The number of halogens is 1. The molecule has 2 heteroatoms. The topological polar surface area (TPSA) is 12.0 Å². The third-order valence-corrected chi connectivity index (χ3v) is 3.96. The van der Waals surface area contributed by atoms with Crippen molar-refractivity contribution in [3.8, 4) is 0 Å². The van der Waals surface area contributed by atoms with Gasteiger partial charge >= 0.3 is 0 Å². The summed E-state index contributed by atoms with van der Waals surface area (Å²) < 4.78 is 0. The molecule has 1 atom stereocenters. The number of hydrogen-bond donors (Lipinski definition) is 1. The predicted molar refractivity (Wildman–Crippen MR) is 84.1 cm³/mol. The summed E-state index contributed by atoms with van der Waals surface area (Å²) in [5, 5.41) is 0. The minimum absolute atomic E-state index is 0.950. The van der Waals surface area contributed by atoms with Crippen LogP contribution in [0.15, 0.2) is 0 Å². The highest BCUT2D eigenvalue weighted by molar-refractivity contribution is 6.13. The second-order valence-electron chi connectivity index (χ2n) is 5.75. The molecule has 0 radical (unpaired) electrons. The molecule has 0 fully saturated rings. The highest BCUT2D eigenvalue weighted by Crippen LogP contribution is 2.17. The van der Waals surface area contributed by atoms with Crippen LogP contribution in [0, 0.1) is 5.92 Å². The number of rotatable bonds is 14. The van der Waals surface area contributed by atoms with Crippen molar-refractivity contribution in [3.05, 3.63) is 0 Å². The van der Waals surface area contributed by atoms with Crippen LogP contribution in [0.4, 0.5) is 0 Å². The molecule has 0 aromatic rings. The van der Waals surface area contributed by atoms with Crippen molar-refractivity contribution in [2.24, 2.45) is 5.92 Å². The van der Waals surface area contributed by atoms with Gasteiger partial charge in [0.25, 0.3) is 0 Å². The quantitative estimate of drug-likeness (QED) is 0.300. The normalized spacial score (nSPS) is 12.8. The lowest BCUT2D eigenvalue weighted by atomic mass is 9.96. The van der Waals surface area contributed by atoms with E-state index in [0.717, 1.165) is 12.5 Å². The van der Waals surface area contributed by atoms with Gasteiger partial charge in [0.15, 0.2) is 0 Å². The Morgan fingerprint density at radius 2 is 1.28 bits per heavy atom. The predicted octanol–water partition coefficient (Wildman–Crippen LogP) is 6.07. The van der Waals surface area contributed by atoms with Gasteiger partial charge in [-0.15, -0.1) is 0 Å². The summed E-state index contributed by atoms with van der Waals surface area (Å²) in [5.41, 5.74) is 0. The van der Waals surface area contributed by atoms with Crippen molar-refractivity contribution >= 4 is 11.8 Å². The van der Waals surface area contributed by atoms with E-state index in [9.17, 15) is 0 Å². The summed E-state index contributed by atoms with van der Waals surface area (Å²) in [6.07, 6.45) is 16.7. The van der Waals surface area contributed by atoms with Gasteiger partial charge in [-0.1, -0.05) is 84.5 Å². The van der Waals surface area contributed by atoms with Crippen molar-refractivity contribution in [2.75, 3.05) is 6.54 Å². The Bertz CT molecular complexity index is 150. The number of nitrogens with one attached hydrogen (secondary N) is 1. The van der Waals surface area contributed by atoms with Crippen molar-refractivity contribution in [3.63, 3.8) is 0 Å². The van der Waals surface area contributed by atoms with Gasteiger partial charge in [0.2, 0.25) is 0 Å². The molecule has 1 nitrogen and oxygen atoms in total. The molecule has 0 aliphatic heterocycles. The summed E-state index contributed by atoms with van der Waals surface area (Å²) in [6, 6.07) is 0. The first-order chi connectivity index (χ1) is 8.81. The number of unbranched alkanes of at least 4 members (excludes halogenated alkanes) is 8. The van der Waals surface area contributed by atoms with E-state index in [0.29, 0.717) is 0 Å². The van der Waals surface area contributed by atoms with Crippen LogP contribution in [0.5, 0.6) is 0 Å². The van der Waals surface area contributed by atoms with Crippen molar-refractivity contribution in [1.29, 1.82) is 0 Å². The first-order valence-electron chi connectivity index (χ1n) is 8.14. The molecule has 0 heterocycles. The Hall–Kier alpha value is 0.250. The largest absolute Gasteiger partial charge is 0.234 e. The number of hydrogen-bond acceptors (Lipinski definition) is 1. The average molecular weight is 276 g/mol. The molecule has 0 aromatic carbocycles. The van der Waals surface area contributed by atoms with Crippen LogP contribution in [0.1, 0.15) is 90.9 Å². The molecule has 0 saturated heterocycles. The highest BCUT2D eigenvalue weighted by atomic mass is 35.5. The Morgan fingerprint density at radius 1 is 0.778 bits per heavy atom. The third-order valence-electron chi connectivity index (χ3n) is 3.77. The monoisotopic (exact) mass is 275 g/mol. The van der Waals surface area contributed by atoms with Gasteiger partial charge in [-0.25, -0.2) is 4.84 Å². The maximum Gasteiger partial charge on any atom is 0.0108 e. The fourth-order valence-electron chi connectivity index (χ4n) is 2.46. The van der Waals surface area contributed by atoms with Crippen LogP contribution >= 0.6 is 11.8 Å². The Labute approximate surface area is 120 Å². The Kier molecular flexibility index (Phi) is 15.5. The van der Waals surface area contributed by atoms with E-state index in [1.807, 2.05) is 0 Å². The molecule has 18 heavy (non-hydrogen) atoms. The fourth-order valence-corrected chi connectivity index (χ4v) is 2.59. The zero-order valence-electron chi connectivity index (χ0n) is 12.6. The first-order valence-corrected chi connectivity index (χ1v) is 8.52. The minimum atomic E-state index is 0.950. The summed E-state index contributed by atoms with van der Waals surface area (Å²) in [6.45, 7) is 5.67. The smallest absolute Gasteiger partial charge is 0.0108 e. The molecule has 1 unspecified atom stereocenters.